The van der Waals surface area contributed by atoms with E-state index in [1.165, 1.54) is 23.8 Å². The molecule has 0 saturated heterocycles. The Hall–Kier alpha value is -1.45. The summed E-state index contributed by atoms with van der Waals surface area (Å²) in [5.41, 5.74) is 2.31. The number of nitrogens with zero attached hydrogens (tertiary/aromatic N) is 1. The van der Waals surface area contributed by atoms with Crippen LogP contribution in [-0.2, 0) is 6.54 Å². The number of benzene rings is 1. The van der Waals surface area contributed by atoms with Gasteiger partial charge < -0.3 is 10.4 Å². The van der Waals surface area contributed by atoms with Gasteiger partial charge in [-0.15, -0.1) is 0 Å². The van der Waals surface area contributed by atoms with Gasteiger partial charge in [-0.3, -0.25) is 4.98 Å². The van der Waals surface area contributed by atoms with E-state index in [2.05, 4.69) is 34.6 Å². The van der Waals surface area contributed by atoms with Gasteiger partial charge in [0.2, 0.25) is 0 Å². The fraction of sp³-hybridized carbons (Fsp3) is 0.471. The molecule has 3 heteroatoms. The zero-order chi connectivity index (χ0) is 13.8. The molecule has 1 aromatic heterocycles. The molecule has 1 aromatic carbocycles. The minimum absolute atomic E-state index is 0.114. The summed E-state index contributed by atoms with van der Waals surface area (Å²) >= 11 is 0. The molecule has 1 aliphatic carbocycles. The number of fused-ring (bicyclic) bond motifs is 1. The van der Waals surface area contributed by atoms with Gasteiger partial charge in [0.25, 0.3) is 0 Å². The molecule has 1 aliphatic rings. The number of nitrogens with one attached hydrogen (secondary N) is 1. The van der Waals surface area contributed by atoms with Crippen molar-refractivity contribution >= 4 is 10.9 Å². The predicted molar refractivity (Wildman–Crippen MR) is 81.4 cm³/mol. The van der Waals surface area contributed by atoms with E-state index in [1.54, 1.807) is 0 Å². The molecule has 2 N–H and O–H groups in total. The lowest BCUT2D eigenvalue weighted by molar-refractivity contribution is 0.0695. The van der Waals surface area contributed by atoms with Crippen LogP contribution >= 0.6 is 0 Å². The smallest absolute Gasteiger partial charge is 0.0702 e. The normalized spacial score (nSPS) is 23.1. The minimum Gasteiger partial charge on any atom is -0.393 e. The Bertz CT molecular complexity index is 570. The molecular weight excluding hydrogens is 248 g/mol. The van der Waals surface area contributed by atoms with E-state index in [9.17, 15) is 5.11 Å². The SMILES string of the molecule is OC1CCCCC1CNCc1ccc2ncccc2c1. The molecule has 1 fully saturated rings. The summed E-state index contributed by atoms with van der Waals surface area (Å²) in [4.78, 5) is 4.33. The fourth-order valence-corrected chi connectivity index (χ4v) is 3.06. The zero-order valence-electron chi connectivity index (χ0n) is 11.8. The third-order valence-electron chi connectivity index (χ3n) is 4.27. The third-order valence-corrected chi connectivity index (χ3v) is 4.27. The summed E-state index contributed by atoms with van der Waals surface area (Å²) in [6.45, 7) is 1.76. The van der Waals surface area contributed by atoms with Crippen LogP contribution in [0.4, 0.5) is 0 Å². The maximum atomic E-state index is 9.96. The largest absolute Gasteiger partial charge is 0.393 e. The van der Waals surface area contributed by atoms with Crippen LogP contribution in [-0.4, -0.2) is 22.7 Å². The Morgan fingerprint density at radius 2 is 2.10 bits per heavy atom. The van der Waals surface area contributed by atoms with Crippen LogP contribution < -0.4 is 5.32 Å². The summed E-state index contributed by atoms with van der Waals surface area (Å²) in [5.74, 6) is 0.422. The number of aliphatic hydroxyl groups excluding tert-OH is 1. The maximum Gasteiger partial charge on any atom is 0.0702 e. The van der Waals surface area contributed by atoms with E-state index < -0.39 is 0 Å². The molecule has 1 heterocycles. The van der Waals surface area contributed by atoms with Crippen LogP contribution in [0.1, 0.15) is 31.2 Å². The van der Waals surface area contributed by atoms with Crippen molar-refractivity contribution in [1.82, 2.24) is 10.3 Å². The number of aliphatic hydroxyl groups is 1. The standard InChI is InChI=1S/C17H22N2O/c20-17-6-2-1-4-15(17)12-18-11-13-7-8-16-14(10-13)5-3-9-19-16/h3,5,7-10,15,17-18,20H,1-2,4,6,11-12H2. The lowest BCUT2D eigenvalue weighted by Crippen LogP contribution is -2.33. The van der Waals surface area contributed by atoms with Crippen molar-refractivity contribution in [2.75, 3.05) is 6.54 Å². The average molecular weight is 270 g/mol. The predicted octanol–water partition coefficient (Wildman–Crippen LogP) is 2.88. The highest BCUT2D eigenvalue weighted by atomic mass is 16.3. The van der Waals surface area contributed by atoms with E-state index >= 15 is 0 Å². The van der Waals surface area contributed by atoms with Gasteiger partial charge >= 0.3 is 0 Å². The first-order valence-corrected chi connectivity index (χ1v) is 7.55. The number of hydrogen-bond donors (Lipinski definition) is 2. The van der Waals surface area contributed by atoms with E-state index in [1.807, 2.05) is 12.3 Å². The topological polar surface area (TPSA) is 45.1 Å². The van der Waals surface area contributed by atoms with E-state index in [4.69, 9.17) is 0 Å². The molecule has 2 aromatic rings. The Kier molecular flexibility index (Phi) is 4.28. The fourth-order valence-electron chi connectivity index (χ4n) is 3.06. The van der Waals surface area contributed by atoms with Gasteiger partial charge in [-0.25, -0.2) is 0 Å². The Morgan fingerprint density at radius 1 is 1.20 bits per heavy atom. The molecule has 0 radical (unpaired) electrons. The van der Waals surface area contributed by atoms with Gasteiger partial charge in [-0.1, -0.05) is 25.0 Å². The highest BCUT2D eigenvalue weighted by Crippen LogP contribution is 2.23. The van der Waals surface area contributed by atoms with Crippen molar-refractivity contribution in [3.63, 3.8) is 0 Å². The lowest BCUT2D eigenvalue weighted by Gasteiger charge is -2.27. The Balaban J connectivity index is 1.56. The van der Waals surface area contributed by atoms with Gasteiger partial charge in [-0.2, -0.15) is 0 Å². The lowest BCUT2D eigenvalue weighted by atomic mass is 9.86. The summed E-state index contributed by atoms with van der Waals surface area (Å²) in [6, 6.07) is 10.4. The van der Waals surface area contributed by atoms with Crippen LogP contribution in [0.15, 0.2) is 36.5 Å². The molecule has 2 unspecified atom stereocenters. The third kappa shape index (κ3) is 3.17. The van der Waals surface area contributed by atoms with Gasteiger partial charge in [0, 0.05) is 24.7 Å². The summed E-state index contributed by atoms with van der Waals surface area (Å²) in [7, 11) is 0. The molecule has 0 aliphatic heterocycles. The second-order valence-corrected chi connectivity index (χ2v) is 5.77. The van der Waals surface area contributed by atoms with Crippen molar-refractivity contribution in [1.29, 1.82) is 0 Å². The van der Waals surface area contributed by atoms with Crippen molar-refractivity contribution < 1.29 is 5.11 Å². The average Bonchev–Trinajstić information content (AvgIpc) is 2.49. The van der Waals surface area contributed by atoms with Crippen LogP contribution in [0.2, 0.25) is 0 Å². The Labute approximate surface area is 120 Å². The first-order valence-electron chi connectivity index (χ1n) is 7.55. The molecule has 1 saturated carbocycles. The highest BCUT2D eigenvalue weighted by molar-refractivity contribution is 5.78. The van der Waals surface area contributed by atoms with Crippen LogP contribution in [0, 0.1) is 5.92 Å². The molecule has 106 valence electrons. The van der Waals surface area contributed by atoms with Gasteiger partial charge in [0.15, 0.2) is 0 Å². The Morgan fingerprint density at radius 3 is 3.00 bits per heavy atom. The first kappa shape index (κ1) is 13.5. The highest BCUT2D eigenvalue weighted by Gasteiger charge is 2.22. The number of rotatable bonds is 4. The number of pyridine rings is 1. The molecular formula is C17H22N2O. The van der Waals surface area contributed by atoms with Crippen molar-refractivity contribution in [2.45, 2.75) is 38.3 Å². The minimum atomic E-state index is -0.114. The summed E-state index contributed by atoms with van der Waals surface area (Å²) in [6.07, 6.45) is 6.26. The molecule has 3 rings (SSSR count). The van der Waals surface area contributed by atoms with Crippen molar-refractivity contribution in [3.05, 3.63) is 42.1 Å². The molecule has 0 amide bonds. The van der Waals surface area contributed by atoms with Gasteiger partial charge in [0.1, 0.15) is 0 Å². The first-order chi connectivity index (χ1) is 9.83. The van der Waals surface area contributed by atoms with Gasteiger partial charge in [-0.05, 0) is 42.5 Å². The quantitative estimate of drug-likeness (QED) is 0.898. The van der Waals surface area contributed by atoms with E-state index in [0.29, 0.717) is 5.92 Å². The molecule has 3 nitrogen and oxygen atoms in total. The molecule has 20 heavy (non-hydrogen) atoms. The molecule has 2 atom stereocenters. The van der Waals surface area contributed by atoms with E-state index in [-0.39, 0.29) is 6.10 Å². The maximum absolute atomic E-state index is 9.96. The second kappa shape index (κ2) is 6.33. The zero-order valence-corrected chi connectivity index (χ0v) is 11.8. The molecule has 0 bridgehead atoms. The van der Waals surface area contributed by atoms with Crippen LogP contribution in [0.25, 0.3) is 10.9 Å². The summed E-state index contributed by atoms with van der Waals surface area (Å²) < 4.78 is 0. The van der Waals surface area contributed by atoms with Crippen molar-refractivity contribution in [3.8, 4) is 0 Å². The van der Waals surface area contributed by atoms with Crippen LogP contribution in [0.5, 0.6) is 0 Å². The molecule has 0 spiro atoms. The number of aromatic nitrogens is 1. The summed E-state index contributed by atoms with van der Waals surface area (Å²) in [5, 5.41) is 14.6. The van der Waals surface area contributed by atoms with Gasteiger partial charge in [0.05, 0.1) is 11.6 Å². The number of hydrogen-bond acceptors (Lipinski definition) is 3. The van der Waals surface area contributed by atoms with Crippen molar-refractivity contribution in [2.24, 2.45) is 5.92 Å². The monoisotopic (exact) mass is 270 g/mol. The second-order valence-electron chi connectivity index (χ2n) is 5.77. The van der Waals surface area contributed by atoms with Crippen LogP contribution in [0.3, 0.4) is 0 Å². The van der Waals surface area contributed by atoms with E-state index in [0.717, 1.165) is 31.4 Å².